The predicted molar refractivity (Wildman–Crippen MR) is 49.6 cm³/mol. The average molecular weight is 147 g/mol. The number of hydrogen-bond acceptors (Lipinski definition) is 0. The first-order chi connectivity index (χ1) is 5.25. The molecule has 1 aromatic rings. The number of benzene rings is 1. The fourth-order valence-electron chi connectivity index (χ4n) is 1.35. The van der Waals surface area contributed by atoms with Crippen molar-refractivity contribution in [2.45, 2.75) is 27.2 Å². The van der Waals surface area contributed by atoms with Gasteiger partial charge in [0.05, 0.1) is 0 Å². The fraction of sp³-hybridized carbons (Fsp3) is 0.364. The van der Waals surface area contributed by atoms with Crippen molar-refractivity contribution in [3.05, 3.63) is 41.3 Å². The highest BCUT2D eigenvalue weighted by Gasteiger charge is 1.99. The third kappa shape index (κ3) is 1.83. The maximum Gasteiger partial charge on any atom is -0.00904 e. The Balaban J connectivity index is 3.00. The first-order valence-corrected chi connectivity index (χ1v) is 4.15. The molecule has 1 rings (SSSR count). The van der Waals surface area contributed by atoms with Gasteiger partial charge in [-0.25, -0.2) is 0 Å². The molecule has 59 valence electrons. The van der Waals surface area contributed by atoms with Crippen molar-refractivity contribution >= 4 is 0 Å². The molecule has 1 aromatic carbocycles. The molecule has 0 nitrogen and oxygen atoms in total. The maximum absolute atomic E-state index is 2.28. The van der Waals surface area contributed by atoms with Gasteiger partial charge in [-0.1, -0.05) is 25.1 Å². The van der Waals surface area contributed by atoms with Crippen LogP contribution in [0.3, 0.4) is 0 Å². The van der Waals surface area contributed by atoms with Crippen LogP contribution in [0.2, 0.25) is 0 Å². The summed E-state index contributed by atoms with van der Waals surface area (Å²) in [4.78, 5) is 0. The maximum atomic E-state index is 2.28. The van der Waals surface area contributed by atoms with Gasteiger partial charge in [-0.15, -0.1) is 0 Å². The third-order valence-electron chi connectivity index (χ3n) is 1.95. The standard InChI is InChI=1S/C11H15/c1-4-6-11-9(2)7-5-8-10(11)3/h5-8H,4H2,1-3H3. The summed E-state index contributed by atoms with van der Waals surface area (Å²) >= 11 is 0. The van der Waals surface area contributed by atoms with Gasteiger partial charge in [0.1, 0.15) is 0 Å². The minimum Gasteiger partial charge on any atom is -0.0648 e. The number of hydrogen-bond donors (Lipinski definition) is 0. The molecule has 0 aliphatic heterocycles. The quantitative estimate of drug-likeness (QED) is 0.602. The van der Waals surface area contributed by atoms with Crippen molar-refractivity contribution in [2.75, 3.05) is 0 Å². The SMILES string of the molecule is CC[CH]c1c(C)cccc1C. The van der Waals surface area contributed by atoms with Crippen LogP contribution in [0.15, 0.2) is 18.2 Å². The van der Waals surface area contributed by atoms with E-state index in [9.17, 15) is 0 Å². The van der Waals surface area contributed by atoms with Crippen LogP contribution >= 0.6 is 0 Å². The van der Waals surface area contributed by atoms with E-state index in [1.54, 1.807) is 0 Å². The van der Waals surface area contributed by atoms with Gasteiger partial charge in [0.2, 0.25) is 0 Å². The van der Waals surface area contributed by atoms with E-state index in [2.05, 4.69) is 45.4 Å². The van der Waals surface area contributed by atoms with Crippen molar-refractivity contribution in [1.29, 1.82) is 0 Å². The van der Waals surface area contributed by atoms with Crippen LogP contribution in [0.1, 0.15) is 30.0 Å². The number of rotatable bonds is 2. The molecule has 0 saturated carbocycles. The van der Waals surface area contributed by atoms with E-state index < -0.39 is 0 Å². The Kier molecular flexibility index (Phi) is 2.70. The second-order valence-corrected chi connectivity index (χ2v) is 2.92. The minimum absolute atomic E-state index is 1.12. The number of aryl methyl sites for hydroxylation is 2. The predicted octanol–water partition coefficient (Wildman–Crippen LogP) is 3.27. The lowest BCUT2D eigenvalue weighted by Gasteiger charge is -2.06. The summed E-state index contributed by atoms with van der Waals surface area (Å²) in [6.07, 6.45) is 3.40. The molecule has 0 fully saturated rings. The van der Waals surface area contributed by atoms with Gasteiger partial charge in [0.25, 0.3) is 0 Å². The molecule has 0 N–H and O–H groups in total. The van der Waals surface area contributed by atoms with E-state index in [1.165, 1.54) is 16.7 Å². The second-order valence-electron chi connectivity index (χ2n) is 2.92. The Morgan fingerprint density at radius 1 is 1.18 bits per heavy atom. The van der Waals surface area contributed by atoms with Gasteiger partial charge in [-0.3, -0.25) is 0 Å². The van der Waals surface area contributed by atoms with Crippen molar-refractivity contribution in [3.8, 4) is 0 Å². The molecule has 0 spiro atoms. The lowest BCUT2D eigenvalue weighted by Crippen LogP contribution is -1.89. The van der Waals surface area contributed by atoms with Crippen LogP contribution < -0.4 is 0 Å². The highest BCUT2D eigenvalue weighted by atomic mass is 14.0. The fourth-order valence-corrected chi connectivity index (χ4v) is 1.35. The molecule has 0 saturated heterocycles. The van der Waals surface area contributed by atoms with Crippen LogP contribution in [0.25, 0.3) is 0 Å². The van der Waals surface area contributed by atoms with Crippen molar-refractivity contribution in [1.82, 2.24) is 0 Å². The Morgan fingerprint density at radius 3 is 2.18 bits per heavy atom. The van der Waals surface area contributed by atoms with Crippen LogP contribution in [-0.2, 0) is 0 Å². The van der Waals surface area contributed by atoms with Gasteiger partial charge < -0.3 is 0 Å². The molecule has 0 heterocycles. The van der Waals surface area contributed by atoms with Gasteiger partial charge in [0.15, 0.2) is 0 Å². The lowest BCUT2D eigenvalue weighted by molar-refractivity contribution is 1.09. The van der Waals surface area contributed by atoms with Gasteiger partial charge in [-0.05, 0) is 43.4 Å². The normalized spacial score (nSPS) is 10.1. The summed E-state index contributed by atoms with van der Waals surface area (Å²) in [5.41, 5.74) is 4.17. The van der Waals surface area contributed by atoms with E-state index >= 15 is 0 Å². The highest BCUT2D eigenvalue weighted by molar-refractivity contribution is 5.38. The summed E-state index contributed by atoms with van der Waals surface area (Å²) in [5.74, 6) is 0. The molecule has 0 aliphatic carbocycles. The zero-order valence-electron chi connectivity index (χ0n) is 7.52. The van der Waals surface area contributed by atoms with Crippen LogP contribution in [-0.4, -0.2) is 0 Å². The average Bonchev–Trinajstić information content (AvgIpc) is 1.97. The Morgan fingerprint density at radius 2 is 1.73 bits per heavy atom. The second kappa shape index (κ2) is 3.56. The molecule has 0 aliphatic rings. The summed E-state index contributed by atoms with van der Waals surface area (Å²) in [6.45, 7) is 6.49. The first kappa shape index (κ1) is 8.32. The van der Waals surface area contributed by atoms with Crippen LogP contribution in [0.5, 0.6) is 0 Å². The van der Waals surface area contributed by atoms with Crippen molar-refractivity contribution in [2.24, 2.45) is 0 Å². The molecule has 0 atom stereocenters. The third-order valence-corrected chi connectivity index (χ3v) is 1.95. The van der Waals surface area contributed by atoms with E-state index in [0.717, 1.165) is 6.42 Å². The summed E-state index contributed by atoms with van der Waals surface area (Å²) in [5, 5.41) is 0. The smallest absolute Gasteiger partial charge is 0.00904 e. The molecule has 0 amide bonds. The van der Waals surface area contributed by atoms with Gasteiger partial charge in [-0.2, -0.15) is 0 Å². The molecule has 0 aromatic heterocycles. The molecule has 0 unspecified atom stereocenters. The first-order valence-electron chi connectivity index (χ1n) is 4.15. The zero-order valence-corrected chi connectivity index (χ0v) is 7.52. The molecule has 0 bridgehead atoms. The van der Waals surface area contributed by atoms with Crippen LogP contribution in [0.4, 0.5) is 0 Å². The van der Waals surface area contributed by atoms with Crippen molar-refractivity contribution < 1.29 is 0 Å². The van der Waals surface area contributed by atoms with E-state index in [0.29, 0.717) is 0 Å². The molecule has 11 heavy (non-hydrogen) atoms. The molecular formula is C11H15. The van der Waals surface area contributed by atoms with E-state index in [1.807, 2.05) is 0 Å². The van der Waals surface area contributed by atoms with E-state index in [4.69, 9.17) is 0 Å². The molecular weight excluding hydrogens is 132 g/mol. The summed E-state index contributed by atoms with van der Waals surface area (Å²) in [7, 11) is 0. The van der Waals surface area contributed by atoms with Crippen LogP contribution in [0, 0.1) is 20.3 Å². The molecule has 1 radical (unpaired) electrons. The largest absolute Gasteiger partial charge is 0.0648 e. The van der Waals surface area contributed by atoms with Gasteiger partial charge in [0, 0.05) is 0 Å². The topological polar surface area (TPSA) is 0 Å². The Hall–Kier alpha value is -0.780. The monoisotopic (exact) mass is 147 g/mol. The molecule has 0 heteroatoms. The summed E-state index contributed by atoms with van der Waals surface area (Å²) in [6, 6.07) is 6.43. The van der Waals surface area contributed by atoms with E-state index in [-0.39, 0.29) is 0 Å². The Bertz CT molecular complexity index is 216. The van der Waals surface area contributed by atoms with Gasteiger partial charge >= 0.3 is 0 Å². The van der Waals surface area contributed by atoms with Crippen molar-refractivity contribution in [3.63, 3.8) is 0 Å². The Labute approximate surface area is 69.3 Å². The minimum atomic E-state index is 1.12. The summed E-state index contributed by atoms with van der Waals surface area (Å²) < 4.78 is 0. The zero-order chi connectivity index (χ0) is 8.27. The highest BCUT2D eigenvalue weighted by Crippen LogP contribution is 2.16. The lowest BCUT2D eigenvalue weighted by atomic mass is 9.99.